The summed E-state index contributed by atoms with van der Waals surface area (Å²) in [6.07, 6.45) is 3.37. The molecule has 5 aromatic rings. The van der Waals surface area contributed by atoms with Crippen molar-refractivity contribution >= 4 is 22.5 Å². The minimum Gasteiger partial charge on any atom is -0.374 e. The number of H-pyrrole nitrogens is 1. The quantitative estimate of drug-likeness (QED) is 0.322. The molecule has 3 aromatic carbocycles. The first kappa shape index (κ1) is 23.1. The Balaban J connectivity index is 1.78. The minimum absolute atomic E-state index is 0.202. The fourth-order valence-corrected chi connectivity index (χ4v) is 4.84. The topological polar surface area (TPSA) is 70.9 Å². The number of nitrogens with one attached hydrogen (secondary N) is 1. The number of pyridine rings is 1. The summed E-state index contributed by atoms with van der Waals surface area (Å²) in [4.78, 5) is 19.6. The van der Waals surface area contributed by atoms with Crippen LogP contribution in [0.4, 0.5) is 0 Å². The molecule has 0 fully saturated rings. The Morgan fingerprint density at radius 2 is 1.74 bits per heavy atom. The predicted molar refractivity (Wildman–Crippen MR) is 141 cm³/mol. The second-order valence-corrected chi connectivity index (χ2v) is 9.63. The van der Waals surface area contributed by atoms with E-state index in [-0.39, 0.29) is 5.56 Å². The van der Waals surface area contributed by atoms with Crippen LogP contribution in [-0.4, -0.2) is 19.6 Å². The molecular formula is C29H26ClN3O2. The molecule has 0 bridgehead atoms. The Labute approximate surface area is 208 Å². The van der Waals surface area contributed by atoms with E-state index < -0.39 is 5.60 Å². The first-order valence-corrected chi connectivity index (χ1v) is 11.9. The van der Waals surface area contributed by atoms with Crippen LogP contribution in [0.15, 0.2) is 90.1 Å². The summed E-state index contributed by atoms with van der Waals surface area (Å²) in [5, 5.41) is 13.8. The second kappa shape index (κ2) is 8.84. The van der Waals surface area contributed by atoms with Crippen molar-refractivity contribution in [2.24, 2.45) is 7.05 Å². The molecule has 0 aliphatic heterocycles. The molecule has 0 aliphatic carbocycles. The van der Waals surface area contributed by atoms with Gasteiger partial charge in [0.15, 0.2) is 5.60 Å². The van der Waals surface area contributed by atoms with Gasteiger partial charge in [-0.05, 0) is 58.0 Å². The second-order valence-electron chi connectivity index (χ2n) is 9.19. The zero-order valence-electron chi connectivity index (χ0n) is 19.8. The molecule has 0 amide bonds. The molecule has 1 atom stereocenters. The maximum Gasteiger partial charge on any atom is 0.249 e. The number of rotatable bonds is 5. The van der Waals surface area contributed by atoms with Crippen molar-refractivity contribution < 1.29 is 5.11 Å². The third-order valence-electron chi connectivity index (χ3n) is 6.58. The smallest absolute Gasteiger partial charge is 0.249 e. The standard InChI is InChI=1S/C29H26ClN3O2/c1-18(2)19-7-9-21(10-8-19)29(35,27-16-31-17-33(27)3)22-11-12-26-25(14-22)24(15-28(34)32-26)20-5-4-6-23(30)13-20/h4-18,35H,1-3H3,(H,32,34). The van der Waals surface area contributed by atoms with E-state index in [1.807, 2.05) is 60.1 Å². The number of aliphatic hydroxyl groups is 1. The Kier molecular flexibility index (Phi) is 5.83. The lowest BCUT2D eigenvalue weighted by Crippen LogP contribution is -2.31. The van der Waals surface area contributed by atoms with Gasteiger partial charge in [-0.15, -0.1) is 0 Å². The van der Waals surface area contributed by atoms with E-state index in [0.717, 1.165) is 22.1 Å². The Morgan fingerprint density at radius 3 is 2.40 bits per heavy atom. The summed E-state index contributed by atoms with van der Waals surface area (Å²) in [5.41, 5.74) is 3.83. The highest BCUT2D eigenvalue weighted by Gasteiger charge is 2.37. The summed E-state index contributed by atoms with van der Waals surface area (Å²) < 4.78 is 1.82. The van der Waals surface area contributed by atoms with Crippen molar-refractivity contribution in [2.45, 2.75) is 25.4 Å². The van der Waals surface area contributed by atoms with E-state index in [0.29, 0.717) is 27.7 Å². The Morgan fingerprint density at radius 1 is 1.00 bits per heavy atom. The van der Waals surface area contributed by atoms with Gasteiger partial charge in [0, 0.05) is 29.0 Å². The van der Waals surface area contributed by atoms with Crippen LogP contribution < -0.4 is 5.56 Å². The SMILES string of the molecule is CC(C)c1ccc(C(O)(c2ccc3[nH]c(=O)cc(-c4cccc(Cl)c4)c3c2)c2cncn2C)cc1. The number of aromatic nitrogens is 3. The van der Waals surface area contributed by atoms with Crippen LogP contribution in [0.1, 0.15) is 42.1 Å². The maximum absolute atomic E-state index is 12.4. The van der Waals surface area contributed by atoms with Gasteiger partial charge in [-0.1, -0.05) is 67.9 Å². The molecular weight excluding hydrogens is 458 g/mol. The number of benzene rings is 3. The lowest BCUT2D eigenvalue weighted by Gasteiger charge is -2.30. The number of hydrogen-bond donors (Lipinski definition) is 2. The monoisotopic (exact) mass is 483 g/mol. The molecule has 1 unspecified atom stereocenters. The number of nitrogens with zero attached hydrogens (tertiary/aromatic N) is 2. The van der Waals surface area contributed by atoms with Crippen molar-refractivity contribution in [3.05, 3.63) is 123 Å². The molecule has 35 heavy (non-hydrogen) atoms. The van der Waals surface area contributed by atoms with E-state index in [1.54, 1.807) is 24.7 Å². The van der Waals surface area contributed by atoms with Gasteiger partial charge in [-0.3, -0.25) is 4.79 Å². The number of hydrogen-bond acceptors (Lipinski definition) is 3. The van der Waals surface area contributed by atoms with Gasteiger partial charge < -0.3 is 14.7 Å². The summed E-state index contributed by atoms with van der Waals surface area (Å²) in [6, 6.07) is 22.6. The van der Waals surface area contributed by atoms with Crippen LogP contribution in [0.5, 0.6) is 0 Å². The van der Waals surface area contributed by atoms with E-state index in [4.69, 9.17) is 11.6 Å². The number of aryl methyl sites for hydroxylation is 1. The highest BCUT2D eigenvalue weighted by atomic mass is 35.5. The molecule has 0 saturated carbocycles. The molecule has 5 nitrogen and oxygen atoms in total. The highest BCUT2D eigenvalue weighted by molar-refractivity contribution is 6.30. The summed E-state index contributed by atoms with van der Waals surface area (Å²) in [6.45, 7) is 4.29. The van der Waals surface area contributed by atoms with Gasteiger partial charge in [0.25, 0.3) is 0 Å². The molecule has 0 aliphatic rings. The van der Waals surface area contributed by atoms with E-state index in [1.165, 1.54) is 5.56 Å². The minimum atomic E-state index is -1.46. The molecule has 176 valence electrons. The zero-order valence-corrected chi connectivity index (χ0v) is 20.5. The predicted octanol–water partition coefficient (Wildman–Crippen LogP) is 5.99. The first-order valence-electron chi connectivity index (χ1n) is 11.5. The van der Waals surface area contributed by atoms with Gasteiger partial charge in [-0.2, -0.15) is 0 Å². The fraction of sp³-hybridized carbons (Fsp3) is 0.172. The summed E-state index contributed by atoms with van der Waals surface area (Å²) in [7, 11) is 1.87. The molecule has 0 spiro atoms. The Hall–Kier alpha value is -3.67. The van der Waals surface area contributed by atoms with Gasteiger partial charge >= 0.3 is 0 Å². The van der Waals surface area contributed by atoms with Gasteiger partial charge in [0.05, 0.1) is 18.2 Å². The average Bonchev–Trinajstić information content (AvgIpc) is 3.29. The third kappa shape index (κ3) is 4.07. The number of fused-ring (bicyclic) bond motifs is 1. The highest BCUT2D eigenvalue weighted by Crippen LogP contribution is 2.39. The summed E-state index contributed by atoms with van der Waals surface area (Å²) >= 11 is 6.25. The van der Waals surface area contributed by atoms with Crippen LogP contribution >= 0.6 is 11.6 Å². The number of imidazole rings is 1. The van der Waals surface area contributed by atoms with Gasteiger partial charge in [0.2, 0.25) is 5.56 Å². The average molecular weight is 484 g/mol. The van der Waals surface area contributed by atoms with Crippen molar-refractivity contribution in [3.8, 4) is 11.1 Å². The number of halogens is 1. The molecule has 0 saturated heterocycles. The summed E-state index contributed by atoms with van der Waals surface area (Å²) in [5.74, 6) is 0.381. The molecule has 0 radical (unpaired) electrons. The molecule has 2 aromatic heterocycles. The van der Waals surface area contributed by atoms with Crippen LogP contribution in [-0.2, 0) is 12.6 Å². The normalized spacial score (nSPS) is 13.3. The van der Waals surface area contributed by atoms with E-state index in [2.05, 4.69) is 35.9 Å². The van der Waals surface area contributed by atoms with Gasteiger partial charge in [0.1, 0.15) is 0 Å². The van der Waals surface area contributed by atoms with Crippen LogP contribution in [0.3, 0.4) is 0 Å². The molecule has 2 heterocycles. The maximum atomic E-state index is 12.4. The van der Waals surface area contributed by atoms with Crippen LogP contribution in [0, 0.1) is 0 Å². The largest absolute Gasteiger partial charge is 0.374 e. The third-order valence-corrected chi connectivity index (χ3v) is 6.81. The van der Waals surface area contributed by atoms with Gasteiger partial charge in [-0.25, -0.2) is 4.98 Å². The van der Waals surface area contributed by atoms with Crippen molar-refractivity contribution in [2.75, 3.05) is 0 Å². The lowest BCUT2D eigenvalue weighted by atomic mass is 9.82. The number of aromatic amines is 1. The zero-order chi connectivity index (χ0) is 24.7. The fourth-order valence-electron chi connectivity index (χ4n) is 4.65. The lowest BCUT2D eigenvalue weighted by molar-refractivity contribution is 0.117. The van der Waals surface area contributed by atoms with Crippen LogP contribution in [0.25, 0.3) is 22.0 Å². The van der Waals surface area contributed by atoms with Crippen molar-refractivity contribution in [3.63, 3.8) is 0 Å². The van der Waals surface area contributed by atoms with Crippen molar-refractivity contribution in [1.82, 2.24) is 14.5 Å². The molecule has 6 heteroatoms. The molecule has 2 N–H and O–H groups in total. The Bertz CT molecular complexity index is 1580. The van der Waals surface area contributed by atoms with E-state index >= 15 is 0 Å². The first-order chi connectivity index (χ1) is 16.8. The molecule has 5 rings (SSSR count). The van der Waals surface area contributed by atoms with Crippen molar-refractivity contribution in [1.29, 1.82) is 0 Å². The van der Waals surface area contributed by atoms with E-state index in [9.17, 15) is 9.90 Å². The van der Waals surface area contributed by atoms with Crippen LogP contribution in [0.2, 0.25) is 5.02 Å².